The maximum atomic E-state index is 2.31. The zero-order valence-corrected chi connectivity index (χ0v) is 7.15. The molecule has 0 saturated carbocycles. The van der Waals surface area contributed by atoms with Gasteiger partial charge in [0.2, 0.25) is 0 Å². The number of hydrogen-bond donors (Lipinski definition) is 0. The van der Waals surface area contributed by atoms with E-state index < -0.39 is 0 Å². The van der Waals surface area contributed by atoms with Gasteiger partial charge in [-0.2, -0.15) is 0 Å². The molecule has 57 valence electrons. The van der Waals surface area contributed by atoms with Gasteiger partial charge in [0.25, 0.3) is 0 Å². The van der Waals surface area contributed by atoms with Crippen LogP contribution in [-0.2, 0) is 12.8 Å². The lowest BCUT2D eigenvalue weighted by atomic mass is 10.1. The lowest BCUT2D eigenvalue weighted by molar-refractivity contribution is 0.951. The highest BCUT2D eigenvalue weighted by atomic mass is 14.2. The van der Waals surface area contributed by atoms with Gasteiger partial charge in [-0.05, 0) is 36.8 Å². The first-order valence-electron chi connectivity index (χ1n) is 4.15. The van der Waals surface area contributed by atoms with E-state index in [-0.39, 0.29) is 0 Å². The van der Waals surface area contributed by atoms with Crippen LogP contribution in [0.15, 0.2) is 18.2 Å². The van der Waals surface area contributed by atoms with Crippen LogP contribution >= 0.6 is 0 Å². The summed E-state index contributed by atoms with van der Waals surface area (Å²) in [6.07, 6.45) is 2.41. The molecule has 1 aliphatic carbocycles. The Morgan fingerprint density at radius 2 is 1.73 bits per heavy atom. The van der Waals surface area contributed by atoms with Gasteiger partial charge < -0.3 is 0 Å². The quantitative estimate of drug-likeness (QED) is 0.526. The van der Waals surface area contributed by atoms with Gasteiger partial charge in [-0.25, -0.2) is 0 Å². The molecule has 0 heterocycles. The third-order valence-electron chi connectivity index (χ3n) is 2.35. The summed E-state index contributed by atoms with van der Waals surface area (Å²) >= 11 is 0. The highest BCUT2D eigenvalue weighted by Crippen LogP contribution is 2.27. The van der Waals surface area contributed by atoms with Crippen LogP contribution in [0.5, 0.6) is 0 Å². The third kappa shape index (κ3) is 1.18. The first-order chi connectivity index (χ1) is 5.25. The van der Waals surface area contributed by atoms with Gasteiger partial charge in [0, 0.05) is 0 Å². The Labute approximate surface area is 68.3 Å². The lowest BCUT2D eigenvalue weighted by Crippen LogP contribution is -1.86. The number of fused-ring (bicyclic) bond motifs is 1. The molecule has 1 aliphatic rings. The molecule has 0 aromatic heterocycles. The maximum absolute atomic E-state index is 2.31. The summed E-state index contributed by atoms with van der Waals surface area (Å²) in [5, 5.41) is 0. The van der Waals surface area contributed by atoms with E-state index in [1.165, 1.54) is 24.0 Å². The minimum atomic E-state index is 1.20. The van der Waals surface area contributed by atoms with Crippen molar-refractivity contribution in [2.45, 2.75) is 26.7 Å². The van der Waals surface area contributed by atoms with E-state index >= 15 is 0 Å². The van der Waals surface area contributed by atoms with E-state index in [2.05, 4.69) is 32.0 Å². The van der Waals surface area contributed by atoms with E-state index in [0.29, 0.717) is 0 Å². The van der Waals surface area contributed by atoms with E-state index in [9.17, 15) is 0 Å². The van der Waals surface area contributed by atoms with Crippen molar-refractivity contribution in [2.75, 3.05) is 0 Å². The molecule has 0 unspecified atom stereocenters. The Kier molecular flexibility index (Phi) is 1.49. The topological polar surface area (TPSA) is 0 Å². The number of benzene rings is 1. The van der Waals surface area contributed by atoms with E-state index in [1.807, 2.05) is 0 Å². The summed E-state index contributed by atoms with van der Waals surface area (Å²) in [5.41, 5.74) is 4.47. The molecule has 0 aliphatic heterocycles. The van der Waals surface area contributed by atoms with Gasteiger partial charge in [-0.15, -0.1) is 0 Å². The molecule has 11 heavy (non-hydrogen) atoms. The summed E-state index contributed by atoms with van der Waals surface area (Å²) in [6, 6.07) is 6.78. The van der Waals surface area contributed by atoms with Crippen LogP contribution in [0.3, 0.4) is 0 Å². The summed E-state index contributed by atoms with van der Waals surface area (Å²) in [5.74, 6) is 1.60. The molecule has 0 fully saturated rings. The summed E-state index contributed by atoms with van der Waals surface area (Å²) in [7, 11) is 0. The van der Waals surface area contributed by atoms with Crippen LogP contribution in [0.1, 0.15) is 23.6 Å². The van der Waals surface area contributed by atoms with Crippen LogP contribution in [0.4, 0.5) is 0 Å². The molecule has 0 atom stereocenters. The Bertz CT molecular complexity index is 273. The van der Waals surface area contributed by atoms with Crippen LogP contribution in [0.25, 0.3) is 0 Å². The third-order valence-corrected chi connectivity index (χ3v) is 2.35. The fourth-order valence-electron chi connectivity index (χ4n) is 1.80. The van der Waals surface area contributed by atoms with Crippen molar-refractivity contribution >= 4 is 0 Å². The molecule has 0 N–H and O–H groups in total. The fourth-order valence-corrected chi connectivity index (χ4v) is 1.80. The van der Waals surface area contributed by atoms with Crippen LogP contribution in [-0.4, -0.2) is 0 Å². The fraction of sp³-hybridized carbons (Fsp3) is 0.364. The standard InChI is InChI=1S/C11H13/c1-8-3-4-10-6-9(2)7-11(10)5-8/h3-5H,6-7H2,1-2H3. The maximum Gasteiger partial charge on any atom is -0.0185 e. The van der Waals surface area contributed by atoms with E-state index in [4.69, 9.17) is 0 Å². The highest BCUT2D eigenvalue weighted by molar-refractivity contribution is 5.39. The molecule has 0 saturated heterocycles. The van der Waals surface area contributed by atoms with Gasteiger partial charge in [-0.3, -0.25) is 0 Å². The predicted molar refractivity (Wildman–Crippen MR) is 47.5 cm³/mol. The molecule has 1 aromatic carbocycles. The molecule has 0 bridgehead atoms. The first kappa shape index (κ1) is 6.90. The Balaban J connectivity index is 2.43. The van der Waals surface area contributed by atoms with E-state index in [0.717, 1.165) is 0 Å². The second kappa shape index (κ2) is 2.37. The van der Waals surface area contributed by atoms with Crippen molar-refractivity contribution < 1.29 is 0 Å². The molecular formula is C11H13. The van der Waals surface area contributed by atoms with Crippen molar-refractivity contribution in [3.05, 3.63) is 40.8 Å². The summed E-state index contributed by atoms with van der Waals surface area (Å²) in [6.45, 7) is 4.41. The molecule has 2 rings (SSSR count). The minimum absolute atomic E-state index is 1.20. The molecule has 1 aromatic rings. The van der Waals surface area contributed by atoms with Gasteiger partial charge in [-0.1, -0.05) is 30.7 Å². The smallest absolute Gasteiger partial charge is 0.0185 e. The second-order valence-electron chi connectivity index (χ2n) is 3.58. The van der Waals surface area contributed by atoms with Gasteiger partial charge in [0.1, 0.15) is 0 Å². The van der Waals surface area contributed by atoms with Crippen molar-refractivity contribution in [3.8, 4) is 0 Å². The van der Waals surface area contributed by atoms with Crippen LogP contribution in [0.2, 0.25) is 0 Å². The Morgan fingerprint density at radius 3 is 2.55 bits per heavy atom. The monoisotopic (exact) mass is 145 g/mol. The average Bonchev–Trinajstić information content (AvgIpc) is 2.27. The van der Waals surface area contributed by atoms with Gasteiger partial charge in [0.15, 0.2) is 0 Å². The zero-order valence-electron chi connectivity index (χ0n) is 7.15. The number of rotatable bonds is 0. The lowest BCUT2D eigenvalue weighted by Gasteiger charge is -1.98. The SMILES string of the molecule is C[C]1Cc2ccc(C)cc2C1. The molecule has 0 amide bonds. The highest BCUT2D eigenvalue weighted by Gasteiger charge is 2.16. The van der Waals surface area contributed by atoms with Crippen LogP contribution < -0.4 is 0 Å². The zero-order chi connectivity index (χ0) is 7.84. The predicted octanol–water partition coefficient (Wildman–Crippen LogP) is 2.69. The Morgan fingerprint density at radius 1 is 1.00 bits per heavy atom. The van der Waals surface area contributed by atoms with Gasteiger partial charge >= 0.3 is 0 Å². The van der Waals surface area contributed by atoms with E-state index in [1.54, 1.807) is 11.5 Å². The van der Waals surface area contributed by atoms with Crippen molar-refractivity contribution in [1.82, 2.24) is 0 Å². The first-order valence-corrected chi connectivity index (χ1v) is 4.15. The normalized spacial score (nSPS) is 16.9. The van der Waals surface area contributed by atoms with Crippen molar-refractivity contribution in [1.29, 1.82) is 0 Å². The van der Waals surface area contributed by atoms with Crippen molar-refractivity contribution in [2.24, 2.45) is 0 Å². The molecular weight excluding hydrogens is 132 g/mol. The summed E-state index contributed by atoms with van der Waals surface area (Å²) in [4.78, 5) is 0. The van der Waals surface area contributed by atoms with Gasteiger partial charge in [0.05, 0.1) is 0 Å². The Hall–Kier alpha value is -0.780. The van der Waals surface area contributed by atoms with Crippen molar-refractivity contribution in [3.63, 3.8) is 0 Å². The molecule has 0 nitrogen and oxygen atoms in total. The molecule has 0 heteroatoms. The summed E-state index contributed by atoms with van der Waals surface area (Å²) < 4.78 is 0. The second-order valence-corrected chi connectivity index (χ2v) is 3.58. The average molecular weight is 145 g/mol. The van der Waals surface area contributed by atoms with Crippen LogP contribution in [0, 0.1) is 12.8 Å². The molecule has 1 radical (unpaired) electrons. The number of aryl methyl sites for hydroxylation is 1. The minimum Gasteiger partial charge on any atom is -0.0590 e. The number of hydrogen-bond acceptors (Lipinski definition) is 0. The molecule has 0 spiro atoms. The largest absolute Gasteiger partial charge is 0.0590 e.